The van der Waals surface area contributed by atoms with E-state index < -0.39 is 23.2 Å². The number of alkyl carbamates (subject to hydrolysis) is 1. The minimum atomic E-state index is -1.02. The number of nitrogens with one attached hydrogen (secondary N) is 2. The molecule has 0 aromatic heterocycles. The number of piperazine rings is 1. The van der Waals surface area contributed by atoms with Gasteiger partial charge in [0.15, 0.2) is 0 Å². The molecule has 0 aromatic rings. The van der Waals surface area contributed by atoms with Gasteiger partial charge < -0.3 is 30.0 Å². The quantitative estimate of drug-likeness (QED) is 0.309. The highest BCUT2D eigenvalue weighted by molar-refractivity contribution is 5.85. The van der Waals surface area contributed by atoms with Gasteiger partial charge in [-0.15, -0.1) is 0 Å². The lowest BCUT2D eigenvalue weighted by atomic mass is 9.43. The van der Waals surface area contributed by atoms with E-state index in [1.807, 2.05) is 4.90 Å². The zero-order valence-corrected chi connectivity index (χ0v) is 25.7. The lowest BCUT2D eigenvalue weighted by molar-refractivity contribution is -0.208. The highest BCUT2D eigenvalue weighted by atomic mass is 16.6. The average Bonchev–Trinajstić information content (AvgIpc) is 3.45. The molecule has 6 aliphatic rings. The Hall–Kier alpha value is -2.66. The summed E-state index contributed by atoms with van der Waals surface area (Å²) in [6.07, 6.45) is 6.97. The number of nitrogens with zero attached hydrogens (tertiary/aromatic N) is 1. The molecule has 2 aliphatic heterocycles. The minimum Gasteiger partial charge on any atom is -0.462 e. The van der Waals surface area contributed by atoms with Gasteiger partial charge in [-0.25, -0.2) is 9.59 Å². The molecule has 5 fully saturated rings. The molecule has 9 atom stereocenters. The fraction of sp³-hybridized carbons (Fsp3) is 0.812. The zero-order valence-electron chi connectivity index (χ0n) is 25.7. The number of hydrogen-bond donors (Lipinski definition) is 3. The summed E-state index contributed by atoms with van der Waals surface area (Å²) in [6.45, 7) is 8.89. The molecule has 0 radical (unpaired) electrons. The Bertz CT molecular complexity index is 1190. The largest absolute Gasteiger partial charge is 0.462 e. The maximum Gasteiger partial charge on any atom is 0.407 e. The Morgan fingerprint density at radius 2 is 1.95 bits per heavy atom. The highest BCUT2D eigenvalue weighted by Crippen LogP contribution is 2.70. The molecule has 4 saturated carbocycles. The molecule has 0 bridgehead atoms. The van der Waals surface area contributed by atoms with Crippen molar-refractivity contribution < 1.29 is 38.5 Å². The molecule has 6 rings (SSSR count). The molecule has 0 spiro atoms. The summed E-state index contributed by atoms with van der Waals surface area (Å²) in [6, 6.07) is 0. The third kappa shape index (κ3) is 5.34. The monoisotopic (exact) mass is 601 g/mol. The number of carbonyl (C=O) groups excluding carboxylic acids is 4. The Morgan fingerprint density at radius 3 is 2.67 bits per heavy atom. The smallest absolute Gasteiger partial charge is 0.407 e. The normalized spacial score (nSPS) is 42.5. The van der Waals surface area contributed by atoms with Crippen molar-refractivity contribution in [1.29, 1.82) is 0 Å². The van der Waals surface area contributed by atoms with E-state index in [1.54, 1.807) is 0 Å². The second-order valence-corrected chi connectivity index (χ2v) is 14.4. The molecule has 1 saturated heterocycles. The van der Waals surface area contributed by atoms with Gasteiger partial charge in [0.1, 0.15) is 18.8 Å². The summed E-state index contributed by atoms with van der Waals surface area (Å²) in [5.41, 5.74) is -0.714. The van der Waals surface area contributed by atoms with Crippen molar-refractivity contribution in [3.05, 3.63) is 11.6 Å². The molecule has 4 aliphatic carbocycles. The standard InChI is InChI=1S/C32H47N3O8/c1-19(36)42-25-16-32(40)24-5-4-21-15-22(43-29(39)34-11-13-35-12-10-33-26(37)17-35)6-8-30(21,2)23(24)7-9-31(32,3)28(25)20-14-27(38)41-18-20/h14,21-25,28,40H,4-13,15-18H2,1-3H3,(H,33,37)(H,34,39)/t21-,22+,23+,24-,25+,28+,30+,31-,32+/m1/s1. The van der Waals surface area contributed by atoms with E-state index in [0.717, 1.165) is 57.1 Å². The fourth-order valence-electron chi connectivity index (χ4n) is 10.2. The van der Waals surface area contributed by atoms with Crippen molar-refractivity contribution in [1.82, 2.24) is 15.5 Å². The van der Waals surface area contributed by atoms with E-state index in [1.165, 1.54) is 13.0 Å². The molecule has 11 heteroatoms. The summed E-state index contributed by atoms with van der Waals surface area (Å²) in [7, 11) is 0. The third-order valence-corrected chi connectivity index (χ3v) is 12.3. The number of amides is 2. The third-order valence-electron chi connectivity index (χ3n) is 12.3. The number of rotatable bonds is 6. The molecule has 0 aromatic carbocycles. The van der Waals surface area contributed by atoms with Crippen molar-refractivity contribution in [3.8, 4) is 0 Å². The second kappa shape index (κ2) is 11.4. The van der Waals surface area contributed by atoms with Crippen LogP contribution in [-0.2, 0) is 28.6 Å². The first kappa shape index (κ1) is 30.4. The van der Waals surface area contributed by atoms with Crippen LogP contribution in [-0.4, -0.2) is 91.1 Å². The second-order valence-electron chi connectivity index (χ2n) is 14.4. The van der Waals surface area contributed by atoms with Gasteiger partial charge in [0.2, 0.25) is 5.91 Å². The Kier molecular flexibility index (Phi) is 8.03. The number of hydrogen-bond acceptors (Lipinski definition) is 9. The number of carbonyl (C=O) groups is 4. The Balaban J connectivity index is 1.10. The minimum absolute atomic E-state index is 0.0118. The first-order valence-corrected chi connectivity index (χ1v) is 16.1. The fourth-order valence-corrected chi connectivity index (χ4v) is 10.2. The number of aliphatic hydroxyl groups is 1. The van der Waals surface area contributed by atoms with Gasteiger partial charge in [0.05, 0.1) is 12.1 Å². The van der Waals surface area contributed by atoms with E-state index in [0.29, 0.717) is 44.4 Å². The van der Waals surface area contributed by atoms with E-state index >= 15 is 0 Å². The zero-order chi connectivity index (χ0) is 30.6. The van der Waals surface area contributed by atoms with E-state index in [2.05, 4.69) is 24.5 Å². The topological polar surface area (TPSA) is 144 Å². The van der Waals surface area contributed by atoms with Gasteiger partial charge in [-0.05, 0) is 73.7 Å². The van der Waals surface area contributed by atoms with Crippen molar-refractivity contribution >= 4 is 23.9 Å². The maximum absolute atomic E-state index is 12.7. The molecule has 2 amide bonds. The Morgan fingerprint density at radius 1 is 1.14 bits per heavy atom. The molecular weight excluding hydrogens is 554 g/mol. The van der Waals surface area contributed by atoms with Gasteiger partial charge in [-0.1, -0.05) is 13.8 Å². The van der Waals surface area contributed by atoms with Crippen molar-refractivity contribution in [2.75, 3.05) is 39.3 Å². The first-order chi connectivity index (χ1) is 20.4. The molecule has 238 valence electrons. The van der Waals surface area contributed by atoms with Crippen LogP contribution in [0.2, 0.25) is 0 Å². The van der Waals surface area contributed by atoms with Crippen LogP contribution in [0.25, 0.3) is 0 Å². The highest BCUT2D eigenvalue weighted by Gasteiger charge is 2.71. The summed E-state index contributed by atoms with van der Waals surface area (Å²) in [4.78, 5) is 50.4. The van der Waals surface area contributed by atoms with Crippen molar-refractivity contribution in [2.45, 2.75) is 89.9 Å². The van der Waals surface area contributed by atoms with Crippen LogP contribution in [0.1, 0.15) is 72.1 Å². The lowest BCUT2D eigenvalue weighted by Crippen LogP contribution is -2.62. The van der Waals surface area contributed by atoms with Crippen molar-refractivity contribution in [3.63, 3.8) is 0 Å². The van der Waals surface area contributed by atoms with Crippen LogP contribution >= 0.6 is 0 Å². The molecule has 3 N–H and O–H groups in total. The maximum atomic E-state index is 12.7. The SMILES string of the molecule is CC(=O)O[C@H]1C[C@]2(O)[C@@H]3CC[C@@H]4C[C@@H](OC(=O)NCCN5CCNC(=O)C5)CC[C@]4(C)[C@H]3CC[C@]2(C)[C@H]1C1=CC(=O)OC1. The molecule has 43 heavy (non-hydrogen) atoms. The van der Waals surface area contributed by atoms with E-state index in [9.17, 15) is 24.3 Å². The summed E-state index contributed by atoms with van der Waals surface area (Å²) >= 11 is 0. The van der Waals surface area contributed by atoms with Crippen LogP contribution in [0.15, 0.2) is 11.6 Å². The van der Waals surface area contributed by atoms with Crippen LogP contribution in [0, 0.1) is 34.5 Å². The predicted molar refractivity (Wildman–Crippen MR) is 154 cm³/mol. The van der Waals surface area contributed by atoms with Crippen LogP contribution in [0.4, 0.5) is 4.79 Å². The molecule has 0 unspecified atom stereocenters. The van der Waals surface area contributed by atoms with Crippen LogP contribution in [0.5, 0.6) is 0 Å². The average molecular weight is 602 g/mol. The van der Waals surface area contributed by atoms with Crippen LogP contribution < -0.4 is 10.6 Å². The van der Waals surface area contributed by atoms with Gasteiger partial charge in [0, 0.05) is 56.9 Å². The van der Waals surface area contributed by atoms with Gasteiger partial charge in [0.25, 0.3) is 0 Å². The number of fused-ring (bicyclic) bond motifs is 5. The molecular formula is C32H47N3O8. The van der Waals surface area contributed by atoms with Crippen LogP contribution in [0.3, 0.4) is 0 Å². The molecule has 2 heterocycles. The molecule has 11 nitrogen and oxygen atoms in total. The summed E-state index contributed by atoms with van der Waals surface area (Å²) < 4.78 is 17.0. The number of ether oxygens (including phenoxy) is 3. The van der Waals surface area contributed by atoms with E-state index in [-0.39, 0.29) is 47.8 Å². The predicted octanol–water partition coefficient (Wildman–Crippen LogP) is 2.31. The Labute approximate surface area is 253 Å². The van der Waals surface area contributed by atoms with Crippen molar-refractivity contribution in [2.24, 2.45) is 34.5 Å². The lowest BCUT2D eigenvalue weighted by Gasteiger charge is -2.63. The number of cyclic esters (lactones) is 1. The van der Waals surface area contributed by atoms with Gasteiger partial charge in [-0.3, -0.25) is 14.5 Å². The first-order valence-electron chi connectivity index (χ1n) is 16.1. The van der Waals surface area contributed by atoms with Gasteiger partial charge in [-0.2, -0.15) is 0 Å². The van der Waals surface area contributed by atoms with E-state index in [4.69, 9.17) is 14.2 Å². The summed E-state index contributed by atoms with van der Waals surface area (Å²) in [5.74, 6) is -0.224. The van der Waals surface area contributed by atoms with Gasteiger partial charge >= 0.3 is 18.0 Å². The summed E-state index contributed by atoms with van der Waals surface area (Å²) in [5, 5.41) is 18.3. The number of esters is 2.